The smallest absolute Gasteiger partial charge is 0.0396 e. The van der Waals surface area contributed by atoms with E-state index in [0.717, 1.165) is 17.6 Å². The maximum absolute atomic E-state index is 3.53. The van der Waals surface area contributed by atoms with Gasteiger partial charge in [-0.2, -0.15) is 0 Å². The van der Waals surface area contributed by atoms with Crippen LogP contribution < -0.4 is 10.2 Å². The van der Waals surface area contributed by atoms with Crippen molar-refractivity contribution >= 4 is 21.6 Å². The first kappa shape index (κ1) is 14.6. The van der Waals surface area contributed by atoms with Gasteiger partial charge in [0.1, 0.15) is 0 Å². The van der Waals surface area contributed by atoms with E-state index in [9.17, 15) is 0 Å². The van der Waals surface area contributed by atoms with Crippen molar-refractivity contribution < 1.29 is 0 Å². The Morgan fingerprint density at radius 2 is 1.90 bits per heavy atom. The zero-order chi connectivity index (χ0) is 14.7. The summed E-state index contributed by atoms with van der Waals surface area (Å²) in [6.07, 6.45) is 2.47. The van der Waals surface area contributed by atoms with E-state index >= 15 is 0 Å². The molecule has 0 unspecified atom stereocenters. The van der Waals surface area contributed by atoms with Crippen molar-refractivity contribution in [2.75, 3.05) is 18.5 Å². The summed E-state index contributed by atoms with van der Waals surface area (Å²) in [5.41, 5.74) is 5.57. The molecule has 0 aromatic heterocycles. The Bertz CT molecular complexity index is 624. The van der Waals surface area contributed by atoms with Gasteiger partial charge in [0, 0.05) is 36.8 Å². The summed E-state index contributed by atoms with van der Waals surface area (Å²) in [4.78, 5) is 2.36. The molecular formula is C18H21BrN2. The molecule has 3 rings (SSSR count). The number of fused-ring (bicyclic) bond motifs is 1. The molecule has 1 N–H and O–H groups in total. The first-order chi connectivity index (χ1) is 10.2. The normalized spacial score (nSPS) is 14.1. The fraction of sp³-hybridized carbons (Fsp3) is 0.333. The van der Waals surface area contributed by atoms with E-state index in [-0.39, 0.29) is 0 Å². The molecule has 1 aliphatic rings. The van der Waals surface area contributed by atoms with Gasteiger partial charge in [0.25, 0.3) is 0 Å². The van der Waals surface area contributed by atoms with Gasteiger partial charge >= 0.3 is 0 Å². The summed E-state index contributed by atoms with van der Waals surface area (Å²) in [5, 5.41) is 3.53. The molecule has 0 radical (unpaired) electrons. The minimum atomic E-state index is 0.899. The average Bonchev–Trinajstić information content (AvgIpc) is 2.47. The van der Waals surface area contributed by atoms with Crippen LogP contribution in [0.1, 0.15) is 23.1 Å². The molecule has 1 heterocycles. The fourth-order valence-electron chi connectivity index (χ4n) is 2.95. The Balaban J connectivity index is 1.61. The molecule has 0 bridgehead atoms. The highest BCUT2D eigenvalue weighted by atomic mass is 79.9. The van der Waals surface area contributed by atoms with Crippen LogP contribution in [0.25, 0.3) is 0 Å². The molecule has 110 valence electrons. The standard InChI is InChI=1S/C18H21BrN2/c1-21-9-3-5-16-10-15(7-8-18(16)21)13-20-12-14-4-2-6-17(19)11-14/h2,4,6-8,10-11,20H,3,5,9,12-13H2,1H3. The molecule has 21 heavy (non-hydrogen) atoms. The summed E-state index contributed by atoms with van der Waals surface area (Å²) in [5.74, 6) is 0. The molecule has 0 saturated heterocycles. The predicted molar refractivity (Wildman–Crippen MR) is 92.7 cm³/mol. The molecule has 0 fully saturated rings. The monoisotopic (exact) mass is 344 g/mol. The second-order valence-corrected chi connectivity index (χ2v) is 6.64. The molecule has 3 heteroatoms. The van der Waals surface area contributed by atoms with Crippen molar-refractivity contribution in [1.29, 1.82) is 0 Å². The lowest BCUT2D eigenvalue weighted by atomic mass is 9.99. The summed E-state index contributed by atoms with van der Waals surface area (Å²) < 4.78 is 1.14. The van der Waals surface area contributed by atoms with Crippen LogP contribution in [-0.2, 0) is 19.5 Å². The van der Waals surface area contributed by atoms with Crippen molar-refractivity contribution in [1.82, 2.24) is 5.32 Å². The lowest BCUT2D eigenvalue weighted by Gasteiger charge is -2.27. The summed E-state index contributed by atoms with van der Waals surface area (Å²) in [6, 6.07) is 15.3. The van der Waals surface area contributed by atoms with Crippen molar-refractivity contribution in [3.05, 3.63) is 63.6 Å². The van der Waals surface area contributed by atoms with Crippen LogP contribution in [0.15, 0.2) is 46.9 Å². The number of benzene rings is 2. The van der Waals surface area contributed by atoms with Crippen LogP contribution in [-0.4, -0.2) is 13.6 Å². The molecule has 2 nitrogen and oxygen atoms in total. The Morgan fingerprint density at radius 3 is 2.71 bits per heavy atom. The van der Waals surface area contributed by atoms with Gasteiger partial charge in [-0.15, -0.1) is 0 Å². The number of hydrogen-bond donors (Lipinski definition) is 1. The van der Waals surface area contributed by atoms with Gasteiger partial charge in [0.2, 0.25) is 0 Å². The van der Waals surface area contributed by atoms with Gasteiger partial charge < -0.3 is 10.2 Å². The van der Waals surface area contributed by atoms with Crippen LogP contribution in [0, 0.1) is 0 Å². The second kappa shape index (κ2) is 6.63. The fourth-order valence-corrected chi connectivity index (χ4v) is 3.39. The topological polar surface area (TPSA) is 15.3 Å². The molecule has 0 saturated carbocycles. The van der Waals surface area contributed by atoms with E-state index in [1.807, 2.05) is 0 Å². The SMILES string of the molecule is CN1CCCc2cc(CNCc3cccc(Br)c3)ccc21. The van der Waals surface area contributed by atoms with Crippen molar-refractivity contribution in [2.45, 2.75) is 25.9 Å². The molecule has 0 atom stereocenters. The molecule has 0 spiro atoms. The number of aryl methyl sites for hydroxylation is 1. The Kier molecular flexibility index (Phi) is 4.61. The van der Waals surface area contributed by atoms with Crippen molar-refractivity contribution in [2.24, 2.45) is 0 Å². The van der Waals surface area contributed by atoms with E-state index in [1.165, 1.54) is 41.8 Å². The molecular weight excluding hydrogens is 324 g/mol. The minimum Gasteiger partial charge on any atom is -0.374 e. The number of hydrogen-bond acceptors (Lipinski definition) is 2. The number of nitrogens with zero attached hydrogens (tertiary/aromatic N) is 1. The third kappa shape index (κ3) is 3.66. The minimum absolute atomic E-state index is 0.899. The predicted octanol–water partition coefficient (Wildman–Crippen LogP) is 4.12. The van der Waals surface area contributed by atoms with Crippen molar-refractivity contribution in [3.8, 4) is 0 Å². The zero-order valence-electron chi connectivity index (χ0n) is 12.4. The maximum Gasteiger partial charge on any atom is 0.0396 e. The molecule has 2 aromatic carbocycles. The highest BCUT2D eigenvalue weighted by Crippen LogP contribution is 2.26. The highest BCUT2D eigenvalue weighted by Gasteiger charge is 2.13. The first-order valence-corrected chi connectivity index (χ1v) is 8.30. The van der Waals surface area contributed by atoms with E-state index in [2.05, 4.69) is 75.7 Å². The van der Waals surface area contributed by atoms with E-state index < -0.39 is 0 Å². The van der Waals surface area contributed by atoms with E-state index in [1.54, 1.807) is 0 Å². The van der Waals surface area contributed by atoms with Crippen LogP contribution in [0.5, 0.6) is 0 Å². The first-order valence-electron chi connectivity index (χ1n) is 7.50. The van der Waals surface area contributed by atoms with E-state index in [4.69, 9.17) is 0 Å². The lowest BCUT2D eigenvalue weighted by Crippen LogP contribution is -2.24. The molecule has 0 aliphatic carbocycles. The molecule has 2 aromatic rings. The highest BCUT2D eigenvalue weighted by molar-refractivity contribution is 9.10. The third-order valence-electron chi connectivity index (χ3n) is 4.04. The number of anilines is 1. The Labute approximate surface area is 135 Å². The van der Waals surface area contributed by atoms with Gasteiger partial charge in [-0.1, -0.05) is 40.2 Å². The maximum atomic E-state index is 3.53. The summed E-state index contributed by atoms with van der Waals surface area (Å²) >= 11 is 3.51. The Morgan fingerprint density at radius 1 is 1.10 bits per heavy atom. The van der Waals surface area contributed by atoms with Gasteiger partial charge in [-0.05, 0) is 47.7 Å². The van der Waals surface area contributed by atoms with Crippen LogP contribution >= 0.6 is 15.9 Å². The van der Waals surface area contributed by atoms with Gasteiger partial charge in [-0.25, -0.2) is 0 Å². The number of rotatable bonds is 4. The third-order valence-corrected chi connectivity index (χ3v) is 4.54. The average molecular weight is 345 g/mol. The quantitative estimate of drug-likeness (QED) is 0.897. The molecule has 1 aliphatic heterocycles. The Hall–Kier alpha value is -1.32. The summed E-state index contributed by atoms with van der Waals surface area (Å²) in [6.45, 7) is 2.99. The van der Waals surface area contributed by atoms with E-state index in [0.29, 0.717) is 0 Å². The number of nitrogens with one attached hydrogen (secondary N) is 1. The lowest BCUT2D eigenvalue weighted by molar-refractivity contribution is 0.689. The van der Waals surface area contributed by atoms with Crippen molar-refractivity contribution in [3.63, 3.8) is 0 Å². The second-order valence-electron chi connectivity index (χ2n) is 5.72. The number of halogens is 1. The van der Waals surface area contributed by atoms with Crippen LogP contribution in [0.3, 0.4) is 0 Å². The molecule has 0 amide bonds. The summed E-state index contributed by atoms with van der Waals surface area (Å²) in [7, 11) is 2.18. The van der Waals surface area contributed by atoms with Crippen LogP contribution in [0.2, 0.25) is 0 Å². The van der Waals surface area contributed by atoms with Gasteiger partial charge in [0.05, 0.1) is 0 Å². The van der Waals surface area contributed by atoms with Gasteiger partial charge in [-0.3, -0.25) is 0 Å². The zero-order valence-corrected chi connectivity index (χ0v) is 14.0. The largest absolute Gasteiger partial charge is 0.374 e. The van der Waals surface area contributed by atoms with Gasteiger partial charge in [0.15, 0.2) is 0 Å². The van der Waals surface area contributed by atoms with Crippen LogP contribution in [0.4, 0.5) is 5.69 Å².